The van der Waals surface area contributed by atoms with Gasteiger partial charge in [0.15, 0.2) is 0 Å². The number of nitrogens with zero attached hydrogens (tertiary/aromatic N) is 3. The van der Waals surface area contributed by atoms with Gasteiger partial charge in [-0.15, -0.1) is 0 Å². The second kappa shape index (κ2) is 7.22. The number of allylic oxidation sites excluding steroid dienone is 4. The van der Waals surface area contributed by atoms with Crippen molar-refractivity contribution in [2.75, 3.05) is 11.9 Å². The fourth-order valence-electron chi connectivity index (χ4n) is 5.15. The average Bonchev–Trinajstić information content (AvgIpc) is 2.78. The van der Waals surface area contributed by atoms with Crippen molar-refractivity contribution in [2.45, 2.75) is 44.9 Å². The van der Waals surface area contributed by atoms with Gasteiger partial charge in [0.2, 0.25) is 0 Å². The summed E-state index contributed by atoms with van der Waals surface area (Å²) in [6.07, 6.45) is 13.1. The van der Waals surface area contributed by atoms with Crippen LogP contribution >= 0.6 is 0 Å². The van der Waals surface area contributed by atoms with E-state index in [9.17, 15) is 0 Å². The molecule has 0 N–H and O–H groups in total. The van der Waals surface area contributed by atoms with Crippen LogP contribution in [0.4, 0.5) is 5.69 Å². The Morgan fingerprint density at radius 3 is 2.45 bits per heavy atom. The molecule has 4 aliphatic rings. The maximum Gasteiger partial charge on any atom is 0.144 e. The first kappa shape index (κ1) is 18.2. The van der Waals surface area contributed by atoms with Crippen LogP contribution in [0.25, 0.3) is 0 Å². The zero-order chi connectivity index (χ0) is 20.0. The largest absolute Gasteiger partial charge is 0.329 e. The van der Waals surface area contributed by atoms with Crippen molar-refractivity contribution < 1.29 is 0 Å². The number of hydrogen-bond acceptors (Lipinski definition) is 3. The van der Waals surface area contributed by atoms with Crippen molar-refractivity contribution in [3.05, 3.63) is 89.6 Å². The fourth-order valence-corrected chi connectivity index (χ4v) is 5.15. The van der Waals surface area contributed by atoms with Crippen LogP contribution in [-0.2, 0) is 0 Å². The maximum absolute atomic E-state index is 5.32. The first-order chi connectivity index (χ1) is 14.2. The molecule has 3 nitrogen and oxygen atoms in total. The number of rotatable bonds is 2. The molecule has 1 fully saturated rings. The van der Waals surface area contributed by atoms with Crippen LogP contribution < -0.4 is 4.90 Å². The third kappa shape index (κ3) is 2.91. The van der Waals surface area contributed by atoms with Gasteiger partial charge in [-0.2, -0.15) is 0 Å². The Hall–Kier alpha value is -2.81. The zero-order valence-corrected chi connectivity index (χ0v) is 17.3. The summed E-state index contributed by atoms with van der Waals surface area (Å²) in [6, 6.07) is 10.6. The average molecular weight is 384 g/mol. The highest BCUT2D eigenvalue weighted by molar-refractivity contribution is 6.05. The van der Waals surface area contributed by atoms with Gasteiger partial charge in [-0.05, 0) is 43.4 Å². The van der Waals surface area contributed by atoms with Crippen molar-refractivity contribution in [2.24, 2.45) is 10.9 Å². The first-order valence-electron chi connectivity index (χ1n) is 10.9. The van der Waals surface area contributed by atoms with E-state index in [1.165, 1.54) is 43.4 Å². The SMILES string of the molecule is C=C1C2=CCCC=C2N(C)C2=C1C(=C)N(c1ccccc1)C(C1CCCCC1)=N2. The molecule has 0 unspecified atom stereocenters. The summed E-state index contributed by atoms with van der Waals surface area (Å²) in [5.41, 5.74) is 6.77. The number of fused-ring (bicyclic) bond motifs is 1. The Morgan fingerprint density at radius 2 is 1.69 bits per heavy atom. The molecule has 0 bridgehead atoms. The van der Waals surface area contributed by atoms with Crippen molar-refractivity contribution >= 4 is 11.5 Å². The maximum atomic E-state index is 5.32. The van der Waals surface area contributed by atoms with Crippen LogP contribution in [0.5, 0.6) is 0 Å². The summed E-state index contributed by atoms with van der Waals surface area (Å²) < 4.78 is 0. The quantitative estimate of drug-likeness (QED) is 0.595. The van der Waals surface area contributed by atoms with Crippen molar-refractivity contribution in [3.8, 4) is 0 Å². The van der Waals surface area contributed by atoms with E-state index in [-0.39, 0.29) is 0 Å². The molecule has 1 saturated carbocycles. The minimum Gasteiger partial charge on any atom is -0.329 e. The Labute approximate surface area is 174 Å². The van der Waals surface area contributed by atoms with Gasteiger partial charge >= 0.3 is 0 Å². The molecule has 148 valence electrons. The second-order valence-electron chi connectivity index (χ2n) is 8.44. The van der Waals surface area contributed by atoms with E-state index in [2.05, 4.69) is 72.5 Å². The van der Waals surface area contributed by atoms with Crippen molar-refractivity contribution in [1.82, 2.24) is 4.90 Å². The minimum atomic E-state index is 0.480. The highest BCUT2D eigenvalue weighted by atomic mass is 15.3. The van der Waals surface area contributed by atoms with Crippen LogP contribution in [0.1, 0.15) is 44.9 Å². The molecule has 2 aliphatic carbocycles. The Balaban J connectivity index is 1.68. The third-order valence-corrected chi connectivity index (χ3v) is 6.65. The molecule has 0 aromatic heterocycles. The highest BCUT2D eigenvalue weighted by Crippen LogP contribution is 2.46. The predicted octanol–water partition coefficient (Wildman–Crippen LogP) is 6.32. The molecule has 0 saturated heterocycles. The molecule has 1 aromatic carbocycles. The smallest absolute Gasteiger partial charge is 0.144 e. The lowest BCUT2D eigenvalue weighted by molar-refractivity contribution is 0.431. The van der Waals surface area contributed by atoms with Gasteiger partial charge in [0.25, 0.3) is 0 Å². The molecule has 5 rings (SSSR count). The standard InChI is InChI=1S/C26H29N3/c1-18-22-16-10-11-17-23(22)28(3)26-24(18)19(2)29(21-14-8-5-9-15-21)25(27-26)20-12-6-4-7-13-20/h5,8-9,14-17,20H,1-2,4,6-7,10-13H2,3H3. The molecule has 2 aliphatic heterocycles. The monoisotopic (exact) mass is 383 g/mol. The number of likely N-dealkylation sites (N-methyl/N-ethyl adjacent to an activating group) is 1. The zero-order valence-electron chi connectivity index (χ0n) is 17.3. The van der Waals surface area contributed by atoms with E-state index in [0.29, 0.717) is 5.92 Å². The van der Waals surface area contributed by atoms with E-state index in [4.69, 9.17) is 4.99 Å². The van der Waals surface area contributed by atoms with Gasteiger partial charge in [-0.25, -0.2) is 4.99 Å². The van der Waals surface area contributed by atoms with Crippen LogP contribution in [0.15, 0.2) is 94.6 Å². The summed E-state index contributed by atoms with van der Waals surface area (Å²) in [5, 5.41) is 0. The Morgan fingerprint density at radius 1 is 0.966 bits per heavy atom. The number of aliphatic imine (C=N–C) groups is 1. The van der Waals surface area contributed by atoms with Gasteiger partial charge in [-0.1, -0.05) is 62.8 Å². The van der Waals surface area contributed by atoms with Crippen LogP contribution in [-0.4, -0.2) is 17.8 Å². The topological polar surface area (TPSA) is 18.8 Å². The van der Waals surface area contributed by atoms with E-state index in [1.54, 1.807) is 0 Å². The number of anilines is 1. The Kier molecular flexibility index (Phi) is 4.54. The third-order valence-electron chi connectivity index (χ3n) is 6.65. The molecule has 29 heavy (non-hydrogen) atoms. The highest BCUT2D eigenvalue weighted by Gasteiger charge is 2.38. The van der Waals surface area contributed by atoms with Gasteiger partial charge in [-0.3, -0.25) is 4.90 Å². The van der Waals surface area contributed by atoms with Crippen LogP contribution in [0, 0.1) is 5.92 Å². The Bertz CT molecular complexity index is 984. The number of para-hydroxylation sites is 1. The number of amidine groups is 1. The molecule has 0 radical (unpaired) electrons. The van der Waals surface area contributed by atoms with E-state index in [1.807, 2.05) is 0 Å². The van der Waals surface area contributed by atoms with E-state index < -0.39 is 0 Å². The first-order valence-corrected chi connectivity index (χ1v) is 10.9. The number of benzene rings is 1. The van der Waals surface area contributed by atoms with Gasteiger partial charge < -0.3 is 4.90 Å². The van der Waals surface area contributed by atoms with Crippen LogP contribution in [0.3, 0.4) is 0 Å². The molecule has 3 heteroatoms. The number of hydrogen-bond donors (Lipinski definition) is 0. The summed E-state index contributed by atoms with van der Waals surface area (Å²) in [4.78, 5) is 9.87. The molecular formula is C26H29N3. The normalized spacial score (nSPS) is 22.7. The summed E-state index contributed by atoms with van der Waals surface area (Å²) >= 11 is 0. The molecule has 0 amide bonds. The summed E-state index contributed by atoms with van der Waals surface area (Å²) in [7, 11) is 2.14. The van der Waals surface area contributed by atoms with Gasteiger partial charge in [0, 0.05) is 35.5 Å². The van der Waals surface area contributed by atoms with Crippen molar-refractivity contribution in [3.63, 3.8) is 0 Å². The van der Waals surface area contributed by atoms with Gasteiger partial charge in [0.1, 0.15) is 11.7 Å². The predicted molar refractivity (Wildman–Crippen MR) is 121 cm³/mol. The minimum absolute atomic E-state index is 0.480. The molecule has 2 heterocycles. The van der Waals surface area contributed by atoms with Crippen molar-refractivity contribution in [1.29, 1.82) is 0 Å². The van der Waals surface area contributed by atoms with Gasteiger partial charge in [0.05, 0.1) is 5.70 Å². The fraction of sp³-hybridized carbons (Fsp3) is 0.346. The van der Waals surface area contributed by atoms with E-state index in [0.717, 1.165) is 47.0 Å². The second-order valence-corrected chi connectivity index (χ2v) is 8.44. The lowest BCUT2D eigenvalue weighted by Gasteiger charge is -2.44. The molecule has 0 spiro atoms. The molecule has 0 atom stereocenters. The van der Waals surface area contributed by atoms with Crippen LogP contribution in [0.2, 0.25) is 0 Å². The lowest BCUT2D eigenvalue weighted by Crippen LogP contribution is -2.43. The summed E-state index contributed by atoms with van der Waals surface area (Å²) in [6.45, 7) is 9.06. The molecule has 1 aromatic rings. The summed E-state index contributed by atoms with van der Waals surface area (Å²) in [5.74, 6) is 2.65. The molecular weight excluding hydrogens is 354 g/mol. The van der Waals surface area contributed by atoms with E-state index >= 15 is 0 Å². The lowest BCUT2D eigenvalue weighted by atomic mass is 9.83.